The Morgan fingerprint density at radius 3 is 2.69 bits per heavy atom. The van der Waals surface area contributed by atoms with Crippen LogP contribution in [-0.4, -0.2) is 24.0 Å². The van der Waals surface area contributed by atoms with Gasteiger partial charge in [-0.05, 0) is 67.6 Å². The Labute approximate surface area is 168 Å². The molecule has 1 aromatic heterocycles. The lowest BCUT2D eigenvalue weighted by atomic mass is 9.92. The quantitative estimate of drug-likeness (QED) is 0.671. The first-order valence-electron chi connectivity index (χ1n) is 9.85. The number of nitrogens with one attached hydrogen (secondary N) is 1. The van der Waals surface area contributed by atoms with Crippen molar-refractivity contribution in [2.24, 2.45) is 5.92 Å². The summed E-state index contributed by atoms with van der Waals surface area (Å²) in [6, 6.07) is 11.3. The summed E-state index contributed by atoms with van der Waals surface area (Å²) in [5.74, 6) is -0.612. The maximum absolute atomic E-state index is 13.9. The normalized spacial score (nSPS) is 14.9. The van der Waals surface area contributed by atoms with Crippen LogP contribution in [0.5, 0.6) is 0 Å². The summed E-state index contributed by atoms with van der Waals surface area (Å²) in [6.45, 7) is 3.38. The number of rotatable bonds is 4. The molecule has 4 rings (SSSR count). The average Bonchev–Trinajstić information content (AvgIpc) is 2.70. The van der Waals surface area contributed by atoms with Crippen LogP contribution in [0.1, 0.15) is 24.8 Å². The van der Waals surface area contributed by atoms with Crippen molar-refractivity contribution in [1.82, 2.24) is 4.98 Å². The Hall–Kier alpha value is -3.02. The number of aromatic nitrogens is 1. The summed E-state index contributed by atoms with van der Waals surface area (Å²) < 4.78 is 27.6. The van der Waals surface area contributed by atoms with Crippen LogP contribution >= 0.6 is 0 Å². The zero-order chi connectivity index (χ0) is 20.4. The van der Waals surface area contributed by atoms with Gasteiger partial charge in [-0.25, -0.2) is 8.78 Å². The van der Waals surface area contributed by atoms with Crippen LogP contribution in [0, 0.1) is 24.5 Å². The molecule has 150 valence electrons. The standard InChI is InChI=1S/C23H23F2N3O/c1-15-2-4-21(19(25)12-15)27-23(29)13-16-7-10-28(11-8-16)22-6-9-26-20-5-3-17(24)14-18(20)22/h2-6,9,12,14,16H,7-8,10-11,13H2,1H3,(H,27,29). The highest BCUT2D eigenvalue weighted by atomic mass is 19.1. The van der Waals surface area contributed by atoms with E-state index in [1.54, 1.807) is 24.4 Å². The molecule has 0 radical (unpaired) electrons. The molecule has 2 heterocycles. The molecular formula is C23H23F2N3O. The minimum atomic E-state index is -0.412. The van der Waals surface area contributed by atoms with E-state index in [1.165, 1.54) is 18.2 Å². The second-order valence-corrected chi connectivity index (χ2v) is 7.66. The molecule has 29 heavy (non-hydrogen) atoms. The fraction of sp³-hybridized carbons (Fsp3) is 0.304. The largest absolute Gasteiger partial charge is 0.371 e. The van der Waals surface area contributed by atoms with Gasteiger partial charge < -0.3 is 10.2 Å². The molecule has 1 aliphatic heterocycles. The van der Waals surface area contributed by atoms with E-state index >= 15 is 0 Å². The fourth-order valence-electron chi connectivity index (χ4n) is 3.94. The third-order valence-corrected chi connectivity index (χ3v) is 5.51. The summed E-state index contributed by atoms with van der Waals surface area (Å²) in [5.41, 5.74) is 2.78. The molecule has 6 heteroatoms. The second-order valence-electron chi connectivity index (χ2n) is 7.66. The molecule has 1 saturated heterocycles. The van der Waals surface area contributed by atoms with Crippen LogP contribution < -0.4 is 10.2 Å². The molecule has 1 N–H and O–H groups in total. The summed E-state index contributed by atoms with van der Waals surface area (Å²) in [7, 11) is 0. The molecule has 0 bridgehead atoms. The number of hydrogen-bond acceptors (Lipinski definition) is 3. The van der Waals surface area contributed by atoms with Gasteiger partial charge in [0.1, 0.15) is 11.6 Å². The Bertz CT molecular complexity index is 1050. The Kier molecular flexibility index (Phi) is 5.43. The zero-order valence-electron chi connectivity index (χ0n) is 16.3. The monoisotopic (exact) mass is 395 g/mol. The first kappa shape index (κ1) is 19.3. The van der Waals surface area contributed by atoms with Crippen LogP contribution in [0.3, 0.4) is 0 Å². The van der Waals surface area contributed by atoms with Crippen molar-refractivity contribution in [3.63, 3.8) is 0 Å². The van der Waals surface area contributed by atoms with E-state index < -0.39 is 5.82 Å². The molecule has 4 nitrogen and oxygen atoms in total. The van der Waals surface area contributed by atoms with Crippen molar-refractivity contribution in [2.75, 3.05) is 23.3 Å². The van der Waals surface area contributed by atoms with Gasteiger partial charge in [-0.2, -0.15) is 0 Å². The molecule has 1 amide bonds. The number of fused-ring (bicyclic) bond motifs is 1. The van der Waals surface area contributed by atoms with E-state index in [2.05, 4.69) is 15.2 Å². The minimum absolute atomic E-state index is 0.164. The summed E-state index contributed by atoms with van der Waals surface area (Å²) in [6.07, 6.45) is 3.81. The fourth-order valence-corrected chi connectivity index (χ4v) is 3.94. The number of anilines is 2. The van der Waals surface area contributed by atoms with Crippen molar-refractivity contribution in [3.8, 4) is 0 Å². The van der Waals surface area contributed by atoms with Crippen LogP contribution in [-0.2, 0) is 4.79 Å². The number of benzene rings is 2. The lowest BCUT2D eigenvalue weighted by Crippen LogP contribution is -2.35. The van der Waals surface area contributed by atoms with Crippen molar-refractivity contribution < 1.29 is 13.6 Å². The first-order chi connectivity index (χ1) is 14.0. The van der Waals surface area contributed by atoms with E-state index in [1.807, 2.05) is 13.0 Å². The number of halogens is 2. The summed E-state index contributed by atoms with van der Waals surface area (Å²) in [5, 5.41) is 3.48. The van der Waals surface area contributed by atoms with E-state index in [-0.39, 0.29) is 23.3 Å². The lowest BCUT2D eigenvalue weighted by molar-refractivity contribution is -0.117. The van der Waals surface area contributed by atoms with E-state index in [0.717, 1.165) is 48.1 Å². The van der Waals surface area contributed by atoms with Crippen LogP contribution in [0.15, 0.2) is 48.7 Å². The number of aryl methyl sites for hydroxylation is 1. The van der Waals surface area contributed by atoms with E-state index in [9.17, 15) is 13.6 Å². The third-order valence-electron chi connectivity index (χ3n) is 5.51. The highest BCUT2D eigenvalue weighted by Crippen LogP contribution is 2.31. The molecule has 0 unspecified atom stereocenters. The highest BCUT2D eigenvalue weighted by Gasteiger charge is 2.23. The van der Waals surface area contributed by atoms with Crippen molar-refractivity contribution in [2.45, 2.75) is 26.2 Å². The third kappa shape index (κ3) is 4.36. The van der Waals surface area contributed by atoms with Gasteiger partial charge in [0.05, 0.1) is 11.2 Å². The van der Waals surface area contributed by atoms with Crippen LogP contribution in [0.4, 0.5) is 20.2 Å². The Morgan fingerprint density at radius 1 is 1.14 bits per heavy atom. The lowest BCUT2D eigenvalue weighted by Gasteiger charge is -2.34. The molecule has 3 aromatic rings. The van der Waals surface area contributed by atoms with Gasteiger partial charge in [0.15, 0.2) is 0 Å². The second kappa shape index (κ2) is 8.15. The molecule has 1 fully saturated rings. The number of amides is 1. The number of nitrogens with zero attached hydrogens (tertiary/aromatic N) is 2. The number of pyridine rings is 1. The zero-order valence-corrected chi connectivity index (χ0v) is 16.3. The topological polar surface area (TPSA) is 45.2 Å². The van der Waals surface area contributed by atoms with Crippen LogP contribution in [0.2, 0.25) is 0 Å². The molecule has 1 aliphatic rings. The van der Waals surface area contributed by atoms with Crippen LogP contribution in [0.25, 0.3) is 10.9 Å². The van der Waals surface area contributed by atoms with Gasteiger partial charge in [0.2, 0.25) is 5.91 Å². The van der Waals surface area contributed by atoms with Crippen molar-refractivity contribution in [1.29, 1.82) is 0 Å². The van der Waals surface area contributed by atoms with Gasteiger partial charge >= 0.3 is 0 Å². The maximum Gasteiger partial charge on any atom is 0.224 e. The predicted octanol–water partition coefficient (Wildman–Crippen LogP) is 5.07. The van der Waals surface area contributed by atoms with Crippen molar-refractivity contribution >= 4 is 28.2 Å². The Morgan fingerprint density at radius 2 is 1.93 bits per heavy atom. The number of piperidine rings is 1. The number of carbonyl (C=O) groups excluding carboxylic acids is 1. The molecule has 0 atom stereocenters. The van der Waals surface area contributed by atoms with Gasteiger partial charge in [-0.3, -0.25) is 9.78 Å². The van der Waals surface area contributed by atoms with E-state index in [0.29, 0.717) is 6.42 Å². The van der Waals surface area contributed by atoms with Gasteiger partial charge in [-0.15, -0.1) is 0 Å². The van der Waals surface area contributed by atoms with E-state index in [4.69, 9.17) is 0 Å². The summed E-state index contributed by atoms with van der Waals surface area (Å²) in [4.78, 5) is 18.9. The molecule has 0 spiro atoms. The molecule has 2 aromatic carbocycles. The van der Waals surface area contributed by atoms with Gasteiger partial charge in [-0.1, -0.05) is 6.07 Å². The molecular weight excluding hydrogens is 372 g/mol. The Balaban J connectivity index is 1.37. The van der Waals surface area contributed by atoms with Gasteiger partial charge in [0, 0.05) is 36.8 Å². The van der Waals surface area contributed by atoms with Crippen molar-refractivity contribution in [3.05, 3.63) is 65.9 Å². The average molecular weight is 395 g/mol. The smallest absolute Gasteiger partial charge is 0.224 e. The molecule has 0 aliphatic carbocycles. The summed E-state index contributed by atoms with van der Waals surface area (Å²) >= 11 is 0. The number of carbonyl (C=O) groups is 1. The van der Waals surface area contributed by atoms with Gasteiger partial charge in [0.25, 0.3) is 0 Å². The highest BCUT2D eigenvalue weighted by molar-refractivity contribution is 5.92. The predicted molar refractivity (Wildman–Crippen MR) is 111 cm³/mol. The first-order valence-corrected chi connectivity index (χ1v) is 9.85. The SMILES string of the molecule is Cc1ccc(NC(=O)CC2CCN(c3ccnc4ccc(F)cc34)CC2)c(F)c1. The minimum Gasteiger partial charge on any atom is -0.371 e. The number of hydrogen-bond donors (Lipinski definition) is 1. The molecule has 0 saturated carbocycles. The maximum atomic E-state index is 13.9.